The van der Waals surface area contributed by atoms with Crippen LogP contribution in [0.4, 0.5) is 0 Å². The topological polar surface area (TPSA) is 0 Å². The van der Waals surface area contributed by atoms with E-state index >= 15 is 0 Å². The van der Waals surface area contributed by atoms with Crippen LogP contribution < -0.4 is 0 Å². The third-order valence-corrected chi connectivity index (χ3v) is 2.87. The highest BCUT2D eigenvalue weighted by Crippen LogP contribution is 2.34. The van der Waals surface area contributed by atoms with Crippen molar-refractivity contribution in [2.75, 3.05) is 0 Å². The van der Waals surface area contributed by atoms with Gasteiger partial charge in [0.1, 0.15) is 0 Å². The van der Waals surface area contributed by atoms with Crippen LogP contribution in [0.1, 0.15) is 54.4 Å². The van der Waals surface area contributed by atoms with Crippen LogP contribution in [-0.4, -0.2) is 0 Å². The molecule has 0 spiro atoms. The van der Waals surface area contributed by atoms with Crippen LogP contribution in [0.2, 0.25) is 0 Å². The van der Waals surface area contributed by atoms with E-state index in [1.807, 2.05) is 39.8 Å². The van der Waals surface area contributed by atoms with Crippen LogP contribution in [0.15, 0.2) is 71.9 Å². The molecule has 0 saturated heterocycles. The molecule has 20 heavy (non-hydrogen) atoms. The standard InChI is InChI=1S/C16H20.2C2H6/c1-5-9-15-12-16(10-6-2)14(8-4)11-13(15)7-3;2*1-2/h5-10H,1,4,11-12H2,2-3H3;2*1-2H3/b10-6-,13-7-,15-9-;;. The molecule has 0 atom stereocenters. The minimum atomic E-state index is 0.984. The number of rotatable bonds is 3. The molecule has 0 aromatic heterocycles. The first kappa shape index (κ1) is 20.8. The monoisotopic (exact) mass is 272 g/mol. The molecule has 1 aliphatic carbocycles. The summed E-state index contributed by atoms with van der Waals surface area (Å²) in [6.07, 6.45) is 14.4. The van der Waals surface area contributed by atoms with Crippen molar-refractivity contribution in [1.29, 1.82) is 0 Å². The van der Waals surface area contributed by atoms with Gasteiger partial charge < -0.3 is 0 Å². The molecule has 112 valence electrons. The fourth-order valence-corrected chi connectivity index (χ4v) is 2.03. The first-order valence-corrected chi connectivity index (χ1v) is 7.71. The van der Waals surface area contributed by atoms with Crippen LogP contribution in [0.5, 0.6) is 0 Å². The van der Waals surface area contributed by atoms with Crippen molar-refractivity contribution in [3.63, 3.8) is 0 Å². The summed E-state index contributed by atoms with van der Waals surface area (Å²) in [4.78, 5) is 0. The van der Waals surface area contributed by atoms with Gasteiger partial charge in [0.15, 0.2) is 0 Å². The lowest BCUT2D eigenvalue weighted by Crippen LogP contribution is -2.03. The molecule has 0 fully saturated rings. The van der Waals surface area contributed by atoms with E-state index < -0.39 is 0 Å². The molecule has 0 amide bonds. The van der Waals surface area contributed by atoms with Gasteiger partial charge in [0.05, 0.1) is 0 Å². The van der Waals surface area contributed by atoms with E-state index in [1.54, 1.807) is 0 Å². The maximum Gasteiger partial charge on any atom is -0.00203 e. The molecule has 0 heteroatoms. The Balaban J connectivity index is 0. The van der Waals surface area contributed by atoms with Gasteiger partial charge in [0.25, 0.3) is 0 Å². The first-order chi connectivity index (χ1) is 9.76. The molecule has 0 aliphatic heterocycles. The second-order valence-electron chi connectivity index (χ2n) is 3.85. The van der Waals surface area contributed by atoms with Gasteiger partial charge in [-0.15, -0.1) is 0 Å². The Morgan fingerprint density at radius 3 is 1.80 bits per heavy atom. The highest BCUT2D eigenvalue weighted by atomic mass is 14.2. The van der Waals surface area contributed by atoms with Gasteiger partial charge in [-0.25, -0.2) is 0 Å². The van der Waals surface area contributed by atoms with Crippen molar-refractivity contribution in [3.05, 3.63) is 71.9 Å². The van der Waals surface area contributed by atoms with Crippen molar-refractivity contribution in [3.8, 4) is 0 Å². The lowest BCUT2D eigenvalue weighted by atomic mass is 9.83. The quantitative estimate of drug-likeness (QED) is 0.521. The summed E-state index contributed by atoms with van der Waals surface area (Å²) in [6, 6.07) is 0. The Morgan fingerprint density at radius 1 is 0.850 bits per heavy atom. The molecule has 0 bridgehead atoms. The van der Waals surface area contributed by atoms with Crippen molar-refractivity contribution < 1.29 is 0 Å². The minimum Gasteiger partial charge on any atom is -0.0991 e. The van der Waals surface area contributed by atoms with E-state index in [9.17, 15) is 0 Å². The average Bonchev–Trinajstić information content (AvgIpc) is 2.52. The maximum atomic E-state index is 3.90. The molecule has 0 heterocycles. The molecular weight excluding hydrogens is 240 g/mol. The van der Waals surface area contributed by atoms with E-state index in [2.05, 4.69) is 51.3 Å². The minimum absolute atomic E-state index is 0.984. The van der Waals surface area contributed by atoms with E-state index in [0.29, 0.717) is 0 Å². The second kappa shape index (κ2) is 13.9. The van der Waals surface area contributed by atoms with Gasteiger partial charge in [0.2, 0.25) is 0 Å². The molecule has 0 aromatic rings. The van der Waals surface area contributed by atoms with Crippen LogP contribution in [0, 0.1) is 0 Å². The normalized spacial score (nSPS) is 18.3. The lowest BCUT2D eigenvalue weighted by molar-refractivity contribution is 0.991. The van der Waals surface area contributed by atoms with Crippen molar-refractivity contribution in [2.45, 2.75) is 54.4 Å². The predicted octanol–water partition coefficient (Wildman–Crippen LogP) is 6.95. The predicted molar refractivity (Wildman–Crippen MR) is 96.0 cm³/mol. The summed E-state index contributed by atoms with van der Waals surface area (Å²) in [5.41, 5.74) is 5.47. The summed E-state index contributed by atoms with van der Waals surface area (Å²) in [7, 11) is 0. The summed E-state index contributed by atoms with van der Waals surface area (Å²) in [6.45, 7) is 19.8. The van der Waals surface area contributed by atoms with Gasteiger partial charge in [-0.05, 0) is 49.0 Å². The van der Waals surface area contributed by atoms with E-state index in [0.717, 1.165) is 12.8 Å². The fraction of sp³-hybridized carbons (Fsp3) is 0.400. The smallest absolute Gasteiger partial charge is 0.00203 e. The molecule has 0 aromatic carbocycles. The maximum absolute atomic E-state index is 3.90. The zero-order valence-corrected chi connectivity index (χ0v) is 14.3. The second-order valence-corrected chi connectivity index (χ2v) is 3.85. The Morgan fingerprint density at radius 2 is 1.40 bits per heavy atom. The molecule has 0 N–H and O–H groups in total. The zero-order valence-electron chi connectivity index (χ0n) is 14.3. The van der Waals surface area contributed by atoms with E-state index in [4.69, 9.17) is 0 Å². The highest BCUT2D eigenvalue weighted by molar-refractivity contribution is 5.50. The van der Waals surface area contributed by atoms with Gasteiger partial charge in [-0.3, -0.25) is 0 Å². The largest absolute Gasteiger partial charge is 0.0991 e. The summed E-state index contributed by atoms with van der Waals surface area (Å²) < 4.78 is 0. The molecule has 1 aliphatic rings. The first-order valence-electron chi connectivity index (χ1n) is 7.71. The van der Waals surface area contributed by atoms with Crippen LogP contribution in [0.3, 0.4) is 0 Å². The van der Waals surface area contributed by atoms with Crippen molar-refractivity contribution >= 4 is 0 Å². The van der Waals surface area contributed by atoms with E-state index in [1.165, 1.54) is 22.3 Å². The summed E-state index contributed by atoms with van der Waals surface area (Å²) in [5, 5.41) is 0. The van der Waals surface area contributed by atoms with Crippen LogP contribution in [-0.2, 0) is 0 Å². The Labute approximate surface area is 127 Å². The molecular formula is C20H32. The van der Waals surface area contributed by atoms with Crippen LogP contribution in [0.25, 0.3) is 0 Å². The zero-order chi connectivity index (χ0) is 16.0. The number of hydrogen-bond acceptors (Lipinski definition) is 0. The summed E-state index contributed by atoms with van der Waals surface area (Å²) in [5.74, 6) is 0. The van der Waals surface area contributed by atoms with E-state index in [-0.39, 0.29) is 0 Å². The van der Waals surface area contributed by atoms with Crippen molar-refractivity contribution in [1.82, 2.24) is 0 Å². The third kappa shape index (κ3) is 6.56. The van der Waals surface area contributed by atoms with Crippen LogP contribution >= 0.6 is 0 Å². The molecule has 0 radical (unpaired) electrons. The fourth-order valence-electron chi connectivity index (χ4n) is 2.03. The molecule has 0 nitrogen and oxygen atoms in total. The third-order valence-electron chi connectivity index (χ3n) is 2.87. The van der Waals surface area contributed by atoms with Gasteiger partial charge >= 0.3 is 0 Å². The number of allylic oxidation sites excluding steroid dienone is 10. The van der Waals surface area contributed by atoms with Gasteiger partial charge in [0, 0.05) is 0 Å². The number of hydrogen-bond donors (Lipinski definition) is 0. The molecule has 0 unspecified atom stereocenters. The Bertz CT molecular complexity index is 398. The molecule has 1 rings (SSSR count). The average molecular weight is 272 g/mol. The lowest BCUT2D eigenvalue weighted by Gasteiger charge is -2.21. The Hall–Kier alpha value is -1.56. The van der Waals surface area contributed by atoms with Crippen molar-refractivity contribution in [2.24, 2.45) is 0 Å². The summed E-state index contributed by atoms with van der Waals surface area (Å²) >= 11 is 0. The molecule has 0 saturated carbocycles. The van der Waals surface area contributed by atoms with Gasteiger partial charge in [-0.1, -0.05) is 77.3 Å². The SMILES string of the molecule is C=C/C=C1/CC(/C=C\C)=C(C=C)C/C1=C/C.CC.CC. The Kier molecular flexibility index (Phi) is 14.4. The van der Waals surface area contributed by atoms with Gasteiger partial charge in [-0.2, -0.15) is 0 Å². The highest BCUT2D eigenvalue weighted by Gasteiger charge is 2.15.